The van der Waals surface area contributed by atoms with E-state index in [-0.39, 0.29) is 5.91 Å². The maximum absolute atomic E-state index is 12.0. The van der Waals surface area contributed by atoms with E-state index in [2.05, 4.69) is 30.3 Å². The maximum Gasteiger partial charge on any atom is 0.234 e. The summed E-state index contributed by atoms with van der Waals surface area (Å²) < 4.78 is 0. The van der Waals surface area contributed by atoms with Crippen LogP contribution in [0.1, 0.15) is 64.7 Å². The van der Waals surface area contributed by atoms with E-state index in [0.717, 1.165) is 18.9 Å². The molecule has 1 amide bonds. The highest BCUT2D eigenvalue weighted by Crippen LogP contribution is 2.26. The molecule has 1 saturated carbocycles. The fourth-order valence-electron chi connectivity index (χ4n) is 3.59. The highest BCUT2D eigenvalue weighted by atomic mass is 16.2. The maximum atomic E-state index is 12.0. The lowest BCUT2D eigenvalue weighted by atomic mass is 9.87. The van der Waals surface area contributed by atoms with Gasteiger partial charge in [0.05, 0.1) is 6.54 Å². The number of nitrogens with one attached hydrogen (secondary N) is 1. The van der Waals surface area contributed by atoms with Gasteiger partial charge in [0.2, 0.25) is 5.91 Å². The zero-order valence-electron chi connectivity index (χ0n) is 13.9. The number of carbonyl (C=O) groups is 1. The number of rotatable bonds is 6. The van der Waals surface area contributed by atoms with E-state index >= 15 is 0 Å². The minimum absolute atomic E-state index is 0.188. The highest BCUT2D eigenvalue weighted by Gasteiger charge is 2.22. The Morgan fingerprint density at radius 2 is 2.05 bits per heavy atom. The fourth-order valence-corrected chi connectivity index (χ4v) is 3.59. The van der Waals surface area contributed by atoms with Gasteiger partial charge < -0.3 is 5.32 Å². The Morgan fingerprint density at radius 3 is 2.71 bits per heavy atom. The monoisotopic (exact) mass is 292 g/mol. The number of hydrogen-bond donors (Lipinski definition) is 1. The van der Waals surface area contributed by atoms with Gasteiger partial charge >= 0.3 is 0 Å². The largest absolute Gasteiger partial charge is 0.355 e. The van der Waals surface area contributed by atoms with Gasteiger partial charge in [-0.2, -0.15) is 0 Å². The molecule has 1 N–H and O–H groups in total. The molecule has 120 valence electrons. The zero-order chi connectivity index (χ0) is 15.1. The van der Waals surface area contributed by atoms with Crippen molar-refractivity contribution in [1.82, 2.24) is 10.2 Å². The Labute approximate surface area is 130 Å². The number of hydrogen-bond acceptors (Lipinski definition) is 2. The molecule has 3 heteroatoms. The quantitative estimate of drug-likeness (QED) is 0.760. The predicted molar refractivity (Wildman–Crippen MR) is 88.2 cm³/mol. The van der Waals surface area contributed by atoms with Gasteiger partial charge in [-0.3, -0.25) is 9.69 Å². The second-order valence-electron chi connectivity index (χ2n) is 7.04. The highest BCUT2D eigenvalue weighted by molar-refractivity contribution is 5.78. The molecule has 2 aliphatic carbocycles. The number of amides is 1. The normalized spacial score (nSPS) is 26.5. The molecular weight excluding hydrogens is 260 g/mol. The Bertz CT molecular complexity index is 356. The van der Waals surface area contributed by atoms with E-state index in [1.54, 1.807) is 0 Å². The third-order valence-corrected chi connectivity index (χ3v) is 5.16. The first-order chi connectivity index (χ1) is 10.1. The molecule has 0 aromatic heterocycles. The fraction of sp³-hybridized carbons (Fsp3) is 0.833. The van der Waals surface area contributed by atoms with Gasteiger partial charge in [-0.1, -0.05) is 18.6 Å². The van der Waals surface area contributed by atoms with Crippen molar-refractivity contribution in [2.24, 2.45) is 5.92 Å². The summed E-state index contributed by atoms with van der Waals surface area (Å²) in [5.41, 5.74) is 1.54. The van der Waals surface area contributed by atoms with E-state index in [9.17, 15) is 4.79 Å². The van der Waals surface area contributed by atoms with Gasteiger partial charge in [0, 0.05) is 12.6 Å². The predicted octanol–water partition coefficient (Wildman–Crippen LogP) is 3.50. The van der Waals surface area contributed by atoms with Crippen molar-refractivity contribution < 1.29 is 4.79 Å². The molecule has 0 aliphatic heterocycles. The van der Waals surface area contributed by atoms with Crippen LogP contribution in [-0.2, 0) is 4.79 Å². The van der Waals surface area contributed by atoms with E-state index in [0.29, 0.717) is 12.6 Å². The molecule has 0 aromatic rings. The van der Waals surface area contributed by atoms with Crippen LogP contribution in [0.15, 0.2) is 11.6 Å². The molecule has 0 heterocycles. The smallest absolute Gasteiger partial charge is 0.234 e. The second kappa shape index (κ2) is 8.57. The zero-order valence-corrected chi connectivity index (χ0v) is 13.9. The molecule has 0 saturated heterocycles. The number of nitrogens with zero attached hydrogens (tertiary/aromatic N) is 1. The van der Waals surface area contributed by atoms with Crippen molar-refractivity contribution >= 4 is 5.91 Å². The molecular formula is C18H32N2O. The molecule has 0 bridgehead atoms. The molecule has 2 aliphatic rings. The van der Waals surface area contributed by atoms with Crippen LogP contribution in [0, 0.1) is 5.92 Å². The summed E-state index contributed by atoms with van der Waals surface area (Å²) in [6.45, 7) is 3.70. The molecule has 0 radical (unpaired) electrons. The van der Waals surface area contributed by atoms with Crippen LogP contribution in [0.4, 0.5) is 0 Å². The molecule has 21 heavy (non-hydrogen) atoms. The van der Waals surface area contributed by atoms with Gasteiger partial charge in [-0.05, 0) is 70.8 Å². The topological polar surface area (TPSA) is 32.3 Å². The molecule has 0 atom stereocenters. The average Bonchev–Trinajstić information content (AvgIpc) is 2.49. The van der Waals surface area contributed by atoms with Gasteiger partial charge in [0.1, 0.15) is 0 Å². The Balaban J connectivity index is 1.61. The Morgan fingerprint density at radius 1 is 1.29 bits per heavy atom. The summed E-state index contributed by atoms with van der Waals surface area (Å²) in [6.07, 6.45) is 13.6. The standard InChI is InChI=1S/C18H32N2O/c1-15-8-10-17(11-9-15)20(2)14-18(21)19-13-12-16-6-4-3-5-7-16/h6,15,17H,3-5,7-14H2,1-2H3,(H,19,21). The lowest BCUT2D eigenvalue weighted by molar-refractivity contribution is -0.122. The summed E-state index contributed by atoms with van der Waals surface area (Å²) >= 11 is 0. The van der Waals surface area contributed by atoms with E-state index in [1.165, 1.54) is 56.9 Å². The Hall–Kier alpha value is -0.830. The molecule has 1 fully saturated rings. The first-order valence-electron chi connectivity index (χ1n) is 8.80. The summed E-state index contributed by atoms with van der Waals surface area (Å²) in [6, 6.07) is 0.605. The lowest BCUT2D eigenvalue weighted by Gasteiger charge is -2.33. The summed E-state index contributed by atoms with van der Waals surface area (Å²) in [5.74, 6) is 1.06. The SMILES string of the molecule is CC1CCC(N(C)CC(=O)NCCC2=CCCCC2)CC1. The third-order valence-electron chi connectivity index (χ3n) is 5.16. The molecule has 2 rings (SSSR count). The summed E-state index contributed by atoms with van der Waals surface area (Å²) in [4.78, 5) is 14.3. The molecule has 0 spiro atoms. The van der Waals surface area contributed by atoms with Crippen LogP contribution < -0.4 is 5.32 Å². The van der Waals surface area contributed by atoms with Crippen molar-refractivity contribution in [3.63, 3.8) is 0 Å². The summed E-state index contributed by atoms with van der Waals surface area (Å²) in [7, 11) is 2.10. The number of likely N-dealkylation sites (N-methyl/N-ethyl adjacent to an activating group) is 1. The van der Waals surface area contributed by atoms with Crippen molar-refractivity contribution in [1.29, 1.82) is 0 Å². The van der Waals surface area contributed by atoms with Crippen LogP contribution in [0.25, 0.3) is 0 Å². The van der Waals surface area contributed by atoms with E-state index in [1.807, 2.05) is 0 Å². The van der Waals surface area contributed by atoms with Crippen molar-refractivity contribution in [2.45, 2.75) is 70.8 Å². The first-order valence-corrected chi connectivity index (χ1v) is 8.80. The van der Waals surface area contributed by atoms with E-state index in [4.69, 9.17) is 0 Å². The van der Waals surface area contributed by atoms with Gasteiger partial charge in [0.15, 0.2) is 0 Å². The van der Waals surface area contributed by atoms with Gasteiger partial charge in [-0.15, -0.1) is 0 Å². The first kappa shape index (κ1) is 16.5. The molecule has 0 aromatic carbocycles. The van der Waals surface area contributed by atoms with Crippen LogP contribution in [0.2, 0.25) is 0 Å². The van der Waals surface area contributed by atoms with Crippen LogP contribution in [-0.4, -0.2) is 37.0 Å². The third kappa shape index (κ3) is 5.82. The molecule has 0 unspecified atom stereocenters. The average molecular weight is 292 g/mol. The van der Waals surface area contributed by atoms with Gasteiger partial charge in [0.25, 0.3) is 0 Å². The van der Waals surface area contributed by atoms with Gasteiger partial charge in [-0.25, -0.2) is 0 Å². The minimum atomic E-state index is 0.188. The van der Waals surface area contributed by atoms with Crippen molar-refractivity contribution in [2.75, 3.05) is 20.1 Å². The van der Waals surface area contributed by atoms with Crippen molar-refractivity contribution in [3.8, 4) is 0 Å². The number of carbonyl (C=O) groups excluding carboxylic acids is 1. The van der Waals surface area contributed by atoms with Crippen molar-refractivity contribution in [3.05, 3.63) is 11.6 Å². The van der Waals surface area contributed by atoms with Crippen LogP contribution >= 0.6 is 0 Å². The van der Waals surface area contributed by atoms with E-state index < -0.39 is 0 Å². The lowest BCUT2D eigenvalue weighted by Crippen LogP contribution is -2.42. The minimum Gasteiger partial charge on any atom is -0.355 e. The van der Waals surface area contributed by atoms with Crippen LogP contribution in [0.5, 0.6) is 0 Å². The summed E-state index contributed by atoms with van der Waals surface area (Å²) in [5, 5.41) is 3.09. The second-order valence-corrected chi connectivity index (χ2v) is 7.04. The Kier molecular flexibility index (Phi) is 6.75. The number of allylic oxidation sites excluding steroid dienone is 1. The van der Waals surface area contributed by atoms with Crippen LogP contribution in [0.3, 0.4) is 0 Å². The molecule has 3 nitrogen and oxygen atoms in total.